The summed E-state index contributed by atoms with van der Waals surface area (Å²) in [6.07, 6.45) is 3.40. The van der Waals surface area contributed by atoms with Crippen LogP contribution in [0.25, 0.3) is 0 Å². The molecule has 0 bridgehead atoms. The second-order valence-corrected chi connectivity index (χ2v) is 5.00. The molecule has 0 fully saturated rings. The largest absolute Gasteiger partial charge is 0.390 e. The van der Waals surface area contributed by atoms with Crippen LogP contribution in [0.5, 0.6) is 0 Å². The van der Waals surface area contributed by atoms with Crippen LogP contribution in [0.15, 0.2) is 0 Å². The van der Waals surface area contributed by atoms with Crippen LogP contribution >= 0.6 is 0 Å². The molecule has 0 amide bonds. The van der Waals surface area contributed by atoms with Crippen LogP contribution in [-0.2, 0) is 0 Å². The van der Waals surface area contributed by atoms with E-state index in [0.29, 0.717) is 6.42 Å². The molecule has 0 aromatic heterocycles. The van der Waals surface area contributed by atoms with Crippen molar-refractivity contribution in [1.82, 2.24) is 0 Å². The van der Waals surface area contributed by atoms with Gasteiger partial charge in [-0.1, -0.05) is 47.0 Å². The molecule has 0 spiro atoms. The molecule has 0 aliphatic rings. The normalized spacial score (nSPS) is 16.7. The summed E-state index contributed by atoms with van der Waals surface area (Å²) in [5.41, 5.74) is 0.132. The lowest BCUT2D eigenvalue weighted by Crippen LogP contribution is -2.31. The molecule has 2 unspecified atom stereocenters. The lowest BCUT2D eigenvalue weighted by Gasteiger charge is -2.28. The van der Waals surface area contributed by atoms with Crippen molar-refractivity contribution in [1.29, 1.82) is 0 Å². The molecular weight excluding hydrogens is 176 g/mol. The van der Waals surface area contributed by atoms with Gasteiger partial charge in [0.25, 0.3) is 0 Å². The summed E-state index contributed by atoms with van der Waals surface area (Å²) in [5, 5.41) is 19.4. The summed E-state index contributed by atoms with van der Waals surface area (Å²) >= 11 is 0. The number of aliphatic hydroxyl groups is 2. The monoisotopic (exact) mass is 202 g/mol. The van der Waals surface area contributed by atoms with Gasteiger partial charge in [0.1, 0.15) is 0 Å². The molecule has 2 nitrogen and oxygen atoms in total. The molecule has 0 aromatic rings. The van der Waals surface area contributed by atoms with E-state index >= 15 is 0 Å². The molecule has 0 aromatic carbocycles. The highest BCUT2D eigenvalue weighted by Crippen LogP contribution is 2.27. The van der Waals surface area contributed by atoms with Crippen molar-refractivity contribution in [3.63, 3.8) is 0 Å². The van der Waals surface area contributed by atoms with Gasteiger partial charge in [0.2, 0.25) is 0 Å². The van der Waals surface area contributed by atoms with Gasteiger partial charge < -0.3 is 10.2 Å². The fourth-order valence-corrected chi connectivity index (χ4v) is 1.45. The van der Waals surface area contributed by atoms with Crippen LogP contribution in [0.2, 0.25) is 0 Å². The SMILES string of the molecule is CCCCC(O)C(O)CC(C)(C)CC. The van der Waals surface area contributed by atoms with E-state index in [1.54, 1.807) is 0 Å². The first-order valence-electron chi connectivity index (χ1n) is 5.79. The lowest BCUT2D eigenvalue weighted by molar-refractivity contribution is -0.0118. The topological polar surface area (TPSA) is 40.5 Å². The number of rotatable bonds is 7. The Balaban J connectivity index is 3.87. The van der Waals surface area contributed by atoms with E-state index < -0.39 is 12.2 Å². The minimum atomic E-state index is -0.559. The fraction of sp³-hybridized carbons (Fsp3) is 1.00. The van der Waals surface area contributed by atoms with Gasteiger partial charge in [-0.05, 0) is 18.3 Å². The second-order valence-electron chi connectivity index (χ2n) is 5.00. The molecule has 0 saturated carbocycles. The fourth-order valence-electron chi connectivity index (χ4n) is 1.45. The summed E-state index contributed by atoms with van der Waals surface area (Å²) < 4.78 is 0. The Kier molecular flexibility index (Phi) is 6.38. The lowest BCUT2D eigenvalue weighted by atomic mass is 9.82. The average molecular weight is 202 g/mol. The first-order valence-corrected chi connectivity index (χ1v) is 5.79. The van der Waals surface area contributed by atoms with Crippen molar-refractivity contribution in [3.8, 4) is 0 Å². The predicted octanol–water partition coefficient (Wildman–Crippen LogP) is 2.72. The van der Waals surface area contributed by atoms with Crippen molar-refractivity contribution in [2.75, 3.05) is 0 Å². The molecule has 14 heavy (non-hydrogen) atoms. The van der Waals surface area contributed by atoms with E-state index in [1.807, 2.05) is 0 Å². The van der Waals surface area contributed by atoms with Gasteiger partial charge in [-0.2, -0.15) is 0 Å². The zero-order valence-corrected chi connectivity index (χ0v) is 10.1. The maximum atomic E-state index is 9.76. The third kappa shape index (κ3) is 5.61. The molecule has 0 rings (SSSR count). The van der Waals surface area contributed by atoms with E-state index in [0.717, 1.165) is 25.7 Å². The average Bonchev–Trinajstić information content (AvgIpc) is 2.13. The highest BCUT2D eigenvalue weighted by molar-refractivity contribution is 4.76. The van der Waals surface area contributed by atoms with E-state index in [-0.39, 0.29) is 5.41 Å². The van der Waals surface area contributed by atoms with E-state index in [1.165, 1.54) is 0 Å². The van der Waals surface area contributed by atoms with E-state index in [2.05, 4.69) is 27.7 Å². The first-order chi connectivity index (χ1) is 6.43. The smallest absolute Gasteiger partial charge is 0.0804 e. The zero-order valence-electron chi connectivity index (χ0n) is 10.1. The molecule has 0 saturated heterocycles. The molecule has 0 radical (unpaired) electrons. The van der Waals surface area contributed by atoms with Crippen LogP contribution in [0.4, 0.5) is 0 Å². The van der Waals surface area contributed by atoms with Crippen LogP contribution in [0, 0.1) is 5.41 Å². The van der Waals surface area contributed by atoms with Crippen molar-refractivity contribution in [3.05, 3.63) is 0 Å². The van der Waals surface area contributed by atoms with Crippen molar-refractivity contribution >= 4 is 0 Å². The third-order valence-corrected chi connectivity index (χ3v) is 3.02. The number of aliphatic hydroxyl groups excluding tert-OH is 2. The minimum absolute atomic E-state index is 0.132. The molecular formula is C12H26O2. The molecule has 2 atom stereocenters. The molecule has 0 aliphatic heterocycles. The maximum Gasteiger partial charge on any atom is 0.0804 e. The maximum absolute atomic E-state index is 9.76. The molecule has 2 N–H and O–H groups in total. The van der Waals surface area contributed by atoms with Crippen molar-refractivity contribution in [2.45, 2.75) is 72.0 Å². The Morgan fingerprint density at radius 2 is 1.64 bits per heavy atom. The van der Waals surface area contributed by atoms with Crippen LogP contribution in [0.1, 0.15) is 59.8 Å². The standard InChI is InChI=1S/C12H26O2/c1-5-7-8-10(13)11(14)9-12(3,4)6-2/h10-11,13-14H,5-9H2,1-4H3. The quantitative estimate of drug-likeness (QED) is 0.666. The summed E-state index contributed by atoms with van der Waals surface area (Å²) in [6.45, 7) is 8.46. The van der Waals surface area contributed by atoms with Crippen LogP contribution in [0.3, 0.4) is 0 Å². The number of hydrogen-bond acceptors (Lipinski definition) is 2. The first kappa shape index (κ1) is 13.9. The number of hydrogen-bond donors (Lipinski definition) is 2. The Morgan fingerprint density at radius 3 is 2.07 bits per heavy atom. The molecule has 2 heteroatoms. The van der Waals surface area contributed by atoms with Gasteiger partial charge in [-0.15, -0.1) is 0 Å². The molecule has 0 heterocycles. The summed E-state index contributed by atoms with van der Waals surface area (Å²) in [6, 6.07) is 0. The Hall–Kier alpha value is -0.0800. The van der Waals surface area contributed by atoms with Gasteiger partial charge in [-0.3, -0.25) is 0 Å². The Morgan fingerprint density at radius 1 is 1.07 bits per heavy atom. The van der Waals surface area contributed by atoms with E-state index in [4.69, 9.17) is 0 Å². The zero-order chi connectivity index (χ0) is 11.2. The van der Waals surface area contributed by atoms with E-state index in [9.17, 15) is 10.2 Å². The van der Waals surface area contributed by atoms with Crippen molar-refractivity contribution < 1.29 is 10.2 Å². The minimum Gasteiger partial charge on any atom is -0.390 e. The van der Waals surface area contributed by atoms with Gasteiger partial charge in [0, 0.05) is 0 Å². The Bertz CT molecular complexity index is 143. The summed E-state index contributed by atoms with van der Waals surface area (Å²) in [4.78, 5) is 0. The van der Waals surface area contributed by atoms with Gasteiger partial charge in [0.15, 0.2) is 0 Å². The molecule has 86 valence electrons. The predicted molar refractivity (Wildman–Crippen MR) is 60.2 cm³/mol. The van der Waals surface area contributed by atoms with Crippen LogP contribution in [-0.4, -0.2) is 22.4 Å². The molecule has 0 aliphatic carbocycles. The van der Waals surface area contributed by atoms with Gasteiger partial charge in [-0.25, -0.2) is 0 Å². The summed E-state index contributed by atoms with van der Waals surface area (Å²) in [7, 11) is 0. The Labute approximate surface area is 88.3 Å². The van der Waals surface area contributed by atoms with Crippen molar-refractivity contribution in [2.24, 2.45) is 5.41 Å². The van der Waals surface area contributed by atoms with Crippen LogP contribution < -0.4 is 0 Å². The third-order valence-electron chi connectivity index (χ3n) is 3.02. The highest BCUT2D eigenvalue weighted by atomic mass is 16.3. The van der Waals surface area contributed by atoms with Gasteiger partial charge in [0.05, 0.1) is 12.2 Å². The second kappa shape index (κ2) is 6.41. The highest BCUT2D eigenvalue weighted by Gasteiger charge is 2.24. The summed E-state index contributed by atoms with van der Waals surface area (Å²) in [5.74, 6) is 0. The number of unbranched alkanes of at least 4 members (excludes halogenated alkanes) is 1. The van der Waals surface area contributed by atoms with Gasteiger partial charge >= 0.3 is 0 Å².